The number of benzene rings is 1. The van der Waals surface area contributed by atoms with Gasteiger partial charge in [0.15, 0.2) is 0 Å². The first-order valence-corrected chi connectivity index (χ1v) is 12.9. The highest BCUT2D eigenvalue weighted by atomic mass is 79.9. The molecule has 176 valence electrons. The third-order valence-electron chi connectivity index (χ3n) is 7.51. The molecule has 9 heteroatoms. The van der Waals surface area contributed by atoms with E-state index in [0.717, 1.165) is 33.1 Å². The van der Waals surface area contributed by atoms with Gasteiger partial charge in [-0.1, -0.05) is 24.2 Å². The van der Waals surface area contributed by atoms with Crippen LogP contribution in [0.3, 0.4) is 0 Å². The van der Waals surface area contributed by atoms with E-state index < -0.39 is 5.60 Å². The molecule has 4 atom stereocenters. The molecule has 0 bridgehead atoms. The van der Waals surface area contributed by atoms with Crippen molar-refractivity contribution >= 4 is 42.8 Å². The Labute approximate surface area is 214 Å². The van der Waals surface area contributed by atoms with Crippen LogP contribution < -0.4 is 0 Å². The fourth-order valence-corrected chi connectivity index (χ4v) is 7.33. The average Bonchev–Trinajstić information content (AvgIpc) is 3.40. The van der Waals surface area contributed by atoms with Gasteiger partial charge in [0.1, 0.15) is 5.60 Å². The first-order valence-electron chi connectivity index (χ1n) is 11.3. The van der Waals surface area contributed by atoms with E-state index in [2.05, 4.69) is 90.7 Å². The SMILES string of the molecule is CO[C@]12C[C@@H](C)CN(C)[C@@H]1C(c1nc(-c3cncc(Br)c3)no1)c1c(Br)n(C)c3cccc2c13. The van der Waals surface area contributed by atoms with Crippen LogP contribution >= 0.6 is 31.9 Å². The molecular formula is C25H25Br2N5O2. The van der Waals surface area contributed by atoms with Crippen molar-refractivity contribution in [1.82, 2.24) is 24.6 Å². The Morgan fingerprint density at radius 1 is 1.21 bits per heavy atom. The van der Waals surface area contributed by atoms with Gasteiger partial charge in [0.2, 0.25) is 11.7 Å². The molecule has 2 aliphatic rings. The Bertz CT molecular complexity index is 1420. The lowest BCUT2D eigenvalue weighted by atomic mass is 9.64. The summed E-state index contributed by atoms with van der Waals surface area (Å²) in [5.41, 5.74) is 3.89. The highest BCUT2D eigenvalue weighted by Gasteiger charge is 2.57. The first-order chi connectivity index (χ1) is 16.4. The summed E-state index contributed by atoms with van der Waals surface area (Å²) in [7, 11) is 6.10. The summed E-state index contributed by atoms with van der Waals surface area (Å²) >= 11 is 7.39. The van der Waals surface area contributed by atoms with Gasteiger partial charge in [0.25, 0.3) is 0 Å². The zero-order valence-corrected chi connectivity index (χ0v) is 22.6. The van der Waals surface area contributed by atoms with Crippen molar-refractivity contribution in [3.05, 3.63) is 62.8 Å². The molecule has 1 unspecified atom stereocenters. The number of hydrogen-bond donors (Lipinski definition) is 0. The van der Waals surface area contributed by atoms with E-state index in [9.17, 15) is 0 Å². The van der Waals surface area contributed by atoms with Crippen LogP contribution in [-0.2, 0) is 17.4 Å². The second-order valence-corrected chi connectivity index (χ2v) is 11.2. The molecule has 4 heterocycles. The Morgan fingerprint density at radius 3 is 2.79 bits per heavy atom. The quantitative estimate of drug-likeness (QED) is 0.317. The van der Waals surface area contributed by atoms with Crippen LogP contribution in [0, 0.1) is 5.92 Å². The summed E-state index contributed by atoms with van der Waals surface area (Å²) < 4.78 is 16.6. The molecule has 0 spiro atoms. The van der Waals surface area contributed by atoms with Crippen molar-refractivity contribution in [2.75, 3.05) is 20.7 Å². The highest BCUT2D eigenvalue weighted by molar-refractivity contribution is 9.10. The monoisotopic (exact) mass is 585 g/mol. The van der Waals surface area contributed by atoms with E-state index in [1.165, 1.54) is 16.5 Å². The number of likely N-dealkylation sites (N-methyl/N-ethyl adjacent to an activating group) is 1. The summed E-state index contributed by atoms with van der Waals surface area (Å²) in [4.78, 5) is 11.6. The number of piperidine rings is 1. The summed E-state index contributed by atoms with van der Waals surface area (Å²) in [5.74, 6) is 1.44. The summed E-state index contributed by atoms with van der Waals surface area (Å²) in [6.07, 6.45) is 4.42. The first kappa shape index (κ1) is 22.4. The van der Waals surface area contributed by atoms with E-state index in [1.54, 1.807) is 12.4 Å². The number of nitrogens with zero attached hydrogens (tertiary/aromatic N) is 5. The minimum atomic E-state index is -0.490. The average molecular weight is 587 g/mol. The minimum Gasteiger partial charge on any atom is -0.372 e. The van der Waals surface area contributed by atoms with E-state index in [1.807, 2.05) is 13.2 Å². The van der Waals surface area contributed by atoms with Crippen LogP contribution in [0.15, 0.2) is 50.3 Å². The molecule has 3 aromatic heterocycles. The van der Waals surface area contributed by atoms with Crippen LogP contribution in [0.5, 0.6) is 0 Å². The molecule has 4 aromatic rings. The number of rotatable bonds is 3. The number of methoxy groups -OCH3 is 1. The van der Waals surface area contributed by atoms with Crippen LogP contribution in [0.4, 0.5) is 0 Å². The van der Waals surface area contributed by atoms with Crippen molar-refractivity contribution in [3.63, 3.8) is 0 Å². The molecule has 34 heavy (non-hydrogen) atoms. The summed E-state index contributed by atoms with van der Waals surface area (Å²) in [5, 5.41) is 5.57. The van der Waals surface area contributed by atoms with Crippen LogP contribution in [0.2, 0.25) is 0 Å². The normalized spacial score (nSPS) is 26.7. The van der Waals surface area contributed by atoms with Gasteiger partial charge in [-0.25, -0.2) is 0 Å². The molecule has 1 fully saturated rings. The zero-order valence-electron chi connectivity index (χ0n) is 19.4. The number of pyridine rings is 1. The van der Waals surface area contributed by atoms with Crippen LogP contribution in [0.25, 0.3) is 22.3 Å². The van der Waals surface area contributed by atoms with Gasteiger partial charge >= 0.3 is 0 Å². The predicted octanol–water partition coefficient (Wildman–Crippen LogP) is 5.48. The smallest absolute Gasteiger partial charge is 0.236 e. The fraction of sp³-hybridized carbons (Fsp3) is 0.400. The molecule has 0 N–H and O–H groups in total. The van der Waals surface area contributed by atoms with Crippen molar-refractivity contribution in [3.8, 4) is 11.4 Å². The number of ether oxygens (including phenoxy) is 1. The maximum atomic E-state index is 6.51. The molecular weight excluding hydrogens is 562 g/mol. The molecule has 0 radical (unpaired) electrons. The second kappa shape index (κ2) is 7.98. The largest absolute Gasteiger partial charge is 0.372 e. The van der Waals surface area contributed by atoms with Crippen LogP contribution in [0.1, 0.15) is 36.3 Å². The fourth-order valence-electron chi connectivity index (χ4n) is 6.33. The molecule has 6 rings (SSSR count). The molecule has 1 aliphatic carbocycles. The van der Waals surface area contributed by atoms with Gasteiger partial charge < -0.3 is 13.8 Å². The molecule has 1 saturated heterocycles. The third-order valence-corrected chi connectivity index (χ3v) is 8.90. The van der Waals surface area contributed by atoms with Crippen molar-refractivity contribution in [1.29, 1.82) is 0 Å². The number of likely N-dealkylation sites (tertiary alicyclic amines) is 1. The lowest BCUT2D eigenvalue weighted by molar-refractivity contribution is -0.130. The number of fused-ring (bicyclic) bond motifs is 2. The number of hydrogen-bond acceptors (Lipinski definition) is 6. The Morgan fingerprint density at radius 2 is 2.03 bits per heavy atom. The number of aromatic nitrogens is 4. The zero-order chi connectivity index (χ0) is 23.8. The highest BCUT2D eigenvalue weighted by Crippen LogP contribution is 2.57. The van der Waals surface area contributed by atoms with Gasteiger partial charge in [-0.05, 0) is 68.9 Å². The number of halogens is 2. The van der Waals surface area contributed by atoms with Crippen LogP contribution in [-0.4, -0.2) is 51.3 Å². The third kappa shape index (κ3) is 3.03. The van der Waals surface area contributed by atoms with Gasteiger partial charge in [-0.3, -0.25) is 9.88 Å². The van der Waals surface area contributed by atoms with E-state index in [-0.39, 0.29) is 12.0 Å². The summed E-state index contributed by atoms with van der Waals surface area (Å²) in [6, 6.07) is 8.47. The van der Waals surface area contributed by atoms with E-state index in [0.29, 0.717) is 17.6 Å². The Hall–Kier alpha value is -2.07. The molecule has 1 aromatic carbocycles. The van der Waals surface area contributed by atoms with E-state index >= 15 is 0 Å². The predicted molar refractivity (Wildman–Crippen MR) is 137 cm³/mol. The molecule has 1 aliphatic heterocycles. The molecule has 0 saturated carbocycles. The lowest BCUT2D eigenvalue weighted by Crippen LogP contribution is -2.60. The summed E-state index contributed by atoms with van der Waals surface area (Å²) in [6.45, 7) is 3.27. The second-order valence-electron chi connectivity index (χ2n) is 9.58. The molecule has 7 nitrogen and oxygen atoms in total. The van der Waals surface area contributed by atoms with Crippen molar-refractivity contribution in [2.24, 2.45) is 13.0 Å². The Kier molecular flexibility index (Phi) is 5.26. The van der Waals surface area contributed by atoms with Gasteiger partial charge in [-0.15, -0.1) is 0 Å². The van der Waals surface area contributed by atoms with Crippen molar-refractivity contribution in [2.45, 2.75) is 30.9 Å². The Balaban J connectivity index is 1.63. The van der Waals surface area contributed by atoms with Gasteiger partial charge in [0.05, 0.1) is 16.6 Å². The van der Waals surface area contributed by atoms with Crippen molar-refractivity contribution < 1.29 is 9.26 Å². The minimum absolute atomic E-state index is 0.000524. The maximum absolute atomic E-state index is 6.51. The molecule has 0 amide bonds. The topological polar surface area (TPSA) is 69.2 Å². The maximum Gasteiger partial charge on any atom is 0.236 e. The van der Waals surface area contributed by atoms with E-state index in [4.69, 9.17) is 14.2 Å². The lowest BCUT2D eigenvalue weighted by Gasteiger charge is -2.54. The standard InChI is InChI=1S/C25H25Br2N5O2/c1-13-9-25(33-4)16-6-5-7-17-18(16)19(22(27)32(17)3)20(21(25)31(2)12-13)24-29-23(30-34-24)14-8-15(26)11-28-10-14/h5-8,10-11,13,20-21H,9,12H2,1-4H3/t13-,20?,21-,25+/m1/s1. The van der Waals surface area contributed by atoms with Gasteiger partial charge in [0, 0.05) is 59.6 Å². The number of aryl methyl sites for hydroxylation is 1. The van der Waals surface area contributed by atoms with Gasteiger partial charge in [-0.2, -0.15) is 4.98 Å².